The van der Waals surface area contributed by atoms with Gasteiger partial charge >= 0.3 is 0 Å². The lowest BCUT2D eigenvalue weighted by molar-refractivity contribution is 1.18. The van der Waals surface area contributed by atoms with Gasteiger partial charge in [-0.3, -0.25) is 0 Å². The molecule has 2 nitrogen and oxygen atoms in total. The van der Waals surface area contributed by atoms with Crippen molar-refractivity contribution in [3.63, 3.8) is 0 Å². The molecule has 0 aliphatic carbocycles. The maximum absolute atomic E-state index is 2.39. The number of aromatic nitrogens is 2. The second-order valence-corrected chi connectivity index (χ2v) is 13.0. The Morgan fingerprint density at radius 3 is 0.980 bits per heavy atom. The molecule has 0 unspecified atom stereocenters. The normalized spacial score (nSPS) is 11.6. The molecule has 0 saturated heterocycles. The SMILES string of the molecule is [HH].c1ccc(-c2ccc(-n3c4ccccc4c4cc(-c5ccc6c(c5)c5ccccc5n6-c5ccc(-c6ccccc6)cc5)ccc43)cc2)cc1. The second-order valence-electron chi connectivity index (χ2n) is 13.0. The van der Waals surface area contributed by atoms with Gasteiger partial charge in [0.15, 0.2) is 0 Å². The van der Waals surface area contributed by atoms with Crippen LogP contribution in [0.3, 0.4) is 0 Å². The summed E-state index contributed by atoms with van der Waals surface area (Å²) in [5, 5.41) is 5.03. The molecule has 8 aromatic carbocycles. The van der Waals surface area contributed by atoms with Gasteiger partial charge in [0, 0.05) is 34.3 Å². The van der Waals surface area contributed by atoms with Crippen LogP contribution in [0.15, 0.2) is 194 Å². The molecule has 0 N–H and O–H groups in total. The molecule has 0 amide bonds. The summed E-state index contributed by atoms with van der Waals surface area (Å²) in [6, 6.07) is 70.4. The van der Waals surface area contributed by atoms with Crippen molar-refractivity contribution in [2.45, 2.75) is 0 Å². The van der Waals surface area contributed by atoms with Gasteiger partial charge in [0.25, 0.3) is 0 Å². The Bertz CT molecular complexity index is 2630. The smallest absolute Gasteiger partial charge is 0.0541 e. The molecule has 2 heteroatoms. The lowest BCUT2D eigenvalue weighted by Crippen LogP contribution is -1.94. The first-order valence-corrected chi connectivity index (χ1v) is 17.2. The summed E-state index contributed by atoms with van der Waals surface area (Å²) in [6.45, 7) is 0. The van der Waals surface area contributed by atoms with Crippen LogP contribution in [0.2, 0.25) is 0 Å². The molecule has 0 saturated carbocycles. The molecule has 0 fully saturated rings. The van der Waals surface area contributed by atoms with Crippen LogP contribution in [-0.2, 0) is 0 Å². The molecule has 0 bridgehead atoms. The van der Waals surface area contributed by atoms with E-state index in [1.54, 1.807) is 0 Å². The molecule has 10 rings (SSSR count). The summed E-state index contributed by atoms with van der Waals surface area (Å²) in [4.78, 5) is 0. The maximum Gasteiger partial charge on any atom is 0.0541 e. The molecule has 10 aromatic rings. The first kappa shape index (κ1) is 28.4. The van der Waals surface area contributed by atoms with Crippen molar-refractivity contribution < 1.29 is 1.43 Å². The Kier molecular flexibility index (Phi) is 6.53. The Morgan fingerprint density at radius 1 is 0.240 bits per heavy atom. The topological polar surface area (TPSA) is 9.86 Å². The van der Waals surface area contributed by atoms with Crippen LogP contribution in [0.1, 0.15) is 1.43 Å². The van der Waals surface area contributed by atoms with Gasteiger partial charge in [-0.25, -0.2) is 0 Å². The van der Waals surface area contributed by atoms with Crippen molar-refractivity contribution in [3.05, 3.63) is 194 Å². The highest BCUT2D eigenvalue weighted by atomic mass is 15.0. The minimum absolute atomic E-state index is 0. The van der Waals surface area contributed by atoms with E-state index in [1.165, 1.54) is 77.0 Å². The third-order valence-corrected chi connectivity index (χ3v) is 10.1. The predicted molar refractivity (Wildman–Crippen MR) is 214 cm³/mol. The van der Waals surface area contributed by atoms with Gasteiger partial charge in [-0.05, 0) is 94.0 Å². The Labute approximate surface area is 292 Å². The van der Waals surface area contributed by atoms with Crippen molar-refractivity contribution in [1.82, 2.24) is 9.13 Å². The average molecular weight is 639 g/mol. The van der Waals surface area contributed by atoms with E-state index in [0.717, 1.165) is 11.4 Å². The van der Waals surface area contributed by atoms with Crippen molar-refractivity contribution >= 4 is 43.6 Å². The molecule has 0 spiro atoms. The molecule has 0 aliphatic heterocycles. The summed E-state index contributed by atoms with van der Waals surface area (Å²) in [6.07, 6.45) is 0. The van der Waals surface area contributed by atoms with Gasteiger partial charge in [-0.1, -0.05) is 133 Å². The lowest BCUT2D eigenvalue weighted by Gasteiger charge is -2.11. The molecule has 0 radical (unpaired) electrons. The number of fused-ring (bicyclic) bond motifs is 6. The van der Waals surface area contributed by atoms with Gasteiger partial charge in [0.2, 0.25) is 0 Å². The van der Waals surface area contributed by atoms with E-state index < -0.39 is 0 Å². The maximum atomic E-state index is 2.39. The van der Waals surface area contributed by atoms with Gasteiger partial charge < -0.3 is 9.13 Å². The van der Waals surface area contributed by atoms with Crippen molar-refractivity contribution in [3.8, 4) is 44.8 Å². The van der Waals surface area contributed by atoms with E-state index in [1.807, 2.05) is 0 Å². The van der Waals surface area contributed by atoms with E-state index in [9.17, 15) is 0 Å². The second kappa shape index (κ2) is 11.5. The van der Waals surface area contributed by atoms with Gasteiger partial charge in [0.1, 0.15) is 0 Å². The lowest BCUT2D eigenvalue weighted by atomic mass is 10.0. The average Bonchev–Trinajstić information content (AvgIpc) is 3.71. The van der Waals surface area contributed by atoms with Crippen LogP contribution in [0.4, 0.5) is 0 Å². The van der Waals surface area contributed by atoms with E-state index >= 15 is 0 Å². The Morgan fingerprint density at radius 2 is 0.560 bits per heavy atom. The van der Waals surface area contributed by atoms with Gasteiger partial charge in [-0.15, -0.1) is 0 Å². The van der Waals surface area contributed by atoms with Crippen LogP contribution < -0.4 is 0 Å². The summed E-state index contributed by atoms with van der Waals surface area (Å²) < 4.78 is 4.78. The first-order chi connectivity index (χ1) is 24.8. The zero-order chi connectivity index (χ0) is 33.0. The summed E-state index contributed by atoms with van der Waals surface area (Å²) >= 11 is 0. The summed E-state index contributed by atoms with van der Waals surface area (Å²) in [5.41, 5.74) is 14.5. The molecule has 0 aliphatic rings. The minimum Gasteiger partial charge on any atom is -0.309 e. The van der Waals surface area contributed by atoms with E-state index in [2.05, 4.69) is 203 Å². The molecule has 236 valence electrons. The van der Waals surface area contributed by atoms with Crippen molar-refractivity contribution in [1.29, 1.82) is 0 Å². The number of benzene rings is 8. The zero-order valence-corrected chi connectivity index (χ0v) is 27.4. The minimum atomic E-state index is 0. The molecule has 2 heterocycles. The van der Waals surface area contributed by atoms with Crippen LogP contribution >= 0.6 is 0 Å². The number of hydrogen-bond acceptors (Lipinski definition) is 0. The Balaban J connectivity index is 0.00000348. The summed E-state index contributed by atoms with van der Waals surface area (Å²) in [7, 11) is 0. The van der Waals surface area contributed by atoms with Crippen molar-refractivity contribution in [2.75, 3.05) is 0 Å². The monoisotopic (exact) mass is 638 g/mol. The van der Waals surface area contributed by atoms with Gasteiger partial charge in [-0.2, -0.15) is 0 Å². The molecule has 50 heavy (non-hydrogen) atoms. The highest BCUT2D eigenvalue weighted by Crippen LogP contribution is 2.38. The fourth-order valence-corrected chi connectivity index (χ4v) is 7.73. The largest absolute Gasteiger partial charge is 0.309 e. The standard InChI is InChI=1S/C48H32N2.H2/c1-3-11-33(12-4-1)35-19-25-39(26-20-35)49-45-17-9-7-15-41(45)43-31-37(23-29-47(43)49)38-24-30-48-44(32-38)42-16-8-10-18-46(42)50(48)40-27-21-36(22-28-40)34-13-5-2-6-14-34;/h1-32H;1H. The number of rotatable bonds is 5. The fraction of sp³-hybridized carbons (Fsp3) is 0. The third-order valence-electron chi connectivity index (χ3n) is 10.1. The zero-order valence-electron chi connectivity index (χ0n) is 27.4. The third kappa shape index (κ3) is 4.57. The number of hydrogen-bond donors (Lipinski definition) is 0. The van der Waals surface area contributed by atoms with E-state index in [0.29, 0.717) is 0 Å². The van der Waals surface area contributed by atoms with Crippen LogP contribution in [0.25, 0.3) is 88.4 Å². The molecule has 2 aromatic heterocycles. The predicted octanol–water partition coefficient (Wildman–Crippen LogP) is 13.1. The molecular weight excluding hydrogens is 605 g/mol. The Hall–Kier alpha value is -6.64. The van der Waals surface area contributed by atoms with Crippen molar-refractivity contribution in [2.24, 2.45) is 0 Å². The quantitative estimate of drug-likeness (QED) is 0.178. The van der Waals surface area contributed by atoms with E-state index in [4.69, 9.17) is 0 Å². The highest BCUT2D eigenvalue weighted by Gasteiger charge is 2.16. The molecule has 0 atom stereocenters. The van der Waals surface area contributed by atoms with E-state index in [-0.39, 0.29) is 1.43 Å². The van der Waals surface area contributed by atoms with Crippen LogP contribution in [0.5, 0.6) is 0 Å². The molecular formula is C48H34N2. The highest BCUT2D eigenvalue weighted by molar-refractivity contribution is 6.12. The number of para-hydroxylation sites is 2. The van der Waals surface area contributed by atoms with Crippen LogP contribution in [-0.4, -0.2) is 9.13 Å². The number of nitrogens with zero attached hydrogens (tertiary/aromatic N) is 2. The fourth-order valence-electron chi connectivity index (χ4n) is 7.73. The first-order valence-electron chi connectivity index (χ1n) is 17.2. The summed E-state index contributed by atoms with van der Waals surface area (Å²) in [5.74, 6) is 0. The van der Waals surface area contributed by atoms with Gasteiger partial charge in [0.05, 0.1) is 22.1 Å². The van der Waals surface area contributed by atoms with Crippen LogP contribution in [0, 0.1) is 0 Å².